The van der Waals surface area contributed by atoms with Crippen molar-refractivity contribution >= 4 is 29.6 Å². The molecule has 0 saturated carbocycles. The zero-order valence-electron chi connectivity index (χ0n) is 19.0. The van der Waals surface area contributed by atoms with Crippen LogP contribution < -0.4 is 10.6 Å². The van der Waals surface area contributed by atoms with Crippen LogP contribution in [0.1, 0.15) is 36.7 Å². The van der Waals surface area contributed by atoms with E-state index in [4.69, 9.17) is 14.2 Å². The van der Waals surface area contributed by atoms with Crippen LogP contribution in [0, 0.1) is 0 Å². The van der Waals surface area contributed by atoms with Gasteiger partial charge in [-0.2, -0.15) is 0 Å². The fourth-order valence-corrected chi connectivity index (χ4v) is 2.78. The lowest BCUT2D eigenvalue weighted by molar-refractivity contribution is -0.145. The van der Waals surface area contributed by atoms with Gasteiger partial charge in [0.2, 0.25) is 0 Å². The Morgan fingerprint density at radius 3 is 2.30 bits per heavy atom. The molecule has 33 heavy (non-hydrogen) atoms. The first kappa shape index (κ1) is 25.4. The minimum atomic E-state index is -0.926. The zero-order valence-corrected chi connectivity index (χ0v) is 19.0. The predicted molar refractivity (Wildman–Crippen MR) is 121 cm³/mol. The molecule has 0 fully saturated rings. The van der Waals surface area contributed by atoms with Crippen molar-refractivity contribution in [1.29, 1.82) is 0 Å². The third-order valence-corrected chi connectivity index (χ3v) is 4.18. The molecule has 0 heterocycles. The van der Waals surface area contributed by atoms with Gasteiger partial charge in [-0.3, -0.25) is 10.1 Å². The number of hydrogen-bond donors (Lipinski definition) is 2. The van der Waals surface area contributed by atoms with Gasteiger partial charge in [0.1, 0.15) is 11.6 Å². The molecule has 1 unspecified atom stereocenters. The van der Waals surface area contributed by atoms with Crippen molar-refractivity contribution in [2.24, 2.45) is 0 Å². The zero-order chi connectivity index (χ0) is 24.4. The molecule has 2 N–H and O–H groups in total. The molecule has 2 rings (SSSR count). The molecule has 0 bridgehead atoms. The van der Waals surface area contributed by atoms with Crippen molar-refractivity contribution in [3.8, 4) is 0 Å². The van der Waals surface area contributed by atoms with Crippen LogP contribution in [-0.4, -0.2) is 49.3 Å². The third kappa shape index (κ3) is 9.02. The third-order valence-electron chi connectivity index (χ3n) is 4.18. The number of carbonyl (C=O) groups excluding carboxylic acids is 4. The number of carbonyl (C=O) groups is 4. The van der Waals surface area contributed by atoms with Crippen LogP contribution in [0.3, 0.4) is 0 Å². The van der Waals surface area contributed by atoms with Crippen molar-refractivity contribution in [1.82, 2.24) is 5.32 Å². The lowest BCUT2D eigenvalue weighted by Crippen LogP contribution is -2.44. The molecule has 0 aliphatic rings. The number of esters is 2. The summed E-state index contributed by atoms with van der Waals surface area (Å²) >= 11 is 0. The summed E-state index contributed by atoms with van der Waals surface area (Å²) in [5.41, 5.74) is 0.623. The summed E-state index contributed by atoms with van der Waals surface area (Å²) in [5.74, 6) is -2.03. The second kappa shape index (κ2) is 11.7. The highest BCUT2D eigenvalue weighted by molar-refractivity contribution is 5.94. The summed E-state index contributed by atoms with van der Waals surface area (Å²) in [4.78, 5) is 48.6. The van der Waals surface area contributed by atoms with E-state index in [2.05, 4.69) is 10.6 Å². The highest BCUT2D eigenvalue weighted by atomic mass is 16.6. The van der Waals surface area contributed by atoms with Gasteiger partial charge in [-0.25, -0.2) is 14.4 Å². The molecule has 9 heteroatoms. The van der Waals surface area contributed by atoms with Gasteiger partial charge >= 0.3 is 18.0 Å². The molecular weight excluding hydrogens is 428 g/mol. The van der Waals surface area contributed by atoms with E-state index in [-0.39, 0.29) is 12.0 Å². The van der Waals surface area contributed by atoms with Gasteiger partial charge in [0, 0.05) is 12.1 Å². The largest absolute Gasteiger partial charge is 0.467 e. The first-order valence-corrected chi connectivity index (χ1v) is 10.3. The van der Waals surface area contributed by atoms with Crippen LogP contribution in [0.15, 0.2) is 54.6 Å². The van der Waals surface area contributed by atoms with E-state index in [9.17, 15) is 19.2 Å². The minimum absolute atomic E-state index is 0.130. The topological polar surface area (TPSA) is 120 Å². The molecule has 0 aliphatic heterocycles. The van der Waals surface area contributed by atoms with E-state index in [0.29, 0.717) is 5.69 Å². The van der Waals surface area contributed by atoms with E-state index >= 15 is 0 Å². The number of amides is 2. The Hall–Kier alpha value is -3.88. The maximum absolute atomic E-state index is 12.3. The molecular formula is C24H28N2O7. The molecule has 0 radical (unpaired) electrons. The fourth-order valence-electron chi connectivity index (χ4n) is 2.78. The SMILES string of the molecule is COC(=O)C(Cc1ccccc1)NC(=O)COC(=O)c1cccc(NC(=O)OC(C)(C)C)c1. The number of rotatable bonds is 8. The van der Waals surface area contributed by atoms with Crippen LogP contribution in [0.4, 0.5) is 10.5 Å². The number of ether oxygens (including phenoxy) is 3. The first-order valence-electron chi connectivity index (χ1n) is 10.3. The van der Waals surface area contributed by atoms with E-state index in [1.165, 1.54) is 19.2 Å². The standard InChI is InChI=1S/C24H28N2O7/c1-24(2,3)33-23(30)25-18-12-8-11-17(14-18)21(28)32-15-20(27)26-19(22(29)31-4)13-16-9-6-5-7-10-16/h5-12,14,19H,13,15H2,1-4H3,(H,25,30)(H,26,27). The molecule has 2 amide bonds. The summed E-state index contributed by atoms with van der Waals surface area (Å²) in [5, 5.41) is 5.05. The van der Waals surface area contributed by atoms with E-state index in [0.717, 1.165) is 5.56 Å². The van der Waals surface area contributed by atoms with Crippen molar-refractivity contribution in [2.45, 2.75) is 38.8 Å². The van der Waals surface area contributed by atoms with Gasteiger partial charge < -0.3 is 19.5 Å². The second-order valence-corrected chi connectivity index (χ2v) is 8.12. The molecule has 2 aromatic carbocycles. The lowest BCUT2D eigenvalue weighted by Gasteiger charge is -2.19. The Morgan fingerprint density at radius 1 is 0.970 bits per heavy atom. The maximum Gasteiger partial charge on any atom is 0.412 e. The Morgan fingerprint density at radius 2 is 1.67 bits per heavy atom. The van der Waals surface area contributed by atoms with Crippen molar-refractivity contribution < 1.29 is 33.4 Å². The number of nitrogens with one attached hydrogen (secondary N) is 2. The second-order valence-electron chi connectivity index (χ2n) is 8.12. The Kier molecular flexibility index (Phi) is 8.97. The average molecular weight is 456 g/mol. The van der Waals surface area contributed by atoms with Crippen molar-refractivity contribution in [3.05, 3.63) is 65.7 Å². The normalized spacial score (nSPS) is 11.6. The van der Waals surface area contributed by atoms with E-state index < -0.39 is 42.2 Å². The lowest BCUT2D eigenvalue weighted by atomic mass is 10.1. The summed E-state index contributed by atoms with van der Waals surface area (Å²) in [7, 11) is 1.23. The summed E-state index contributed by atoms with van der Waals surface area (Å²) in [6.45, 7) is 4.60. The van der Waals surface area contributed by atoms with E-state index in [1.54, 1.807) is 32.9 Å². The first-order chi connectivity index (χ1) is 15.6. The van der Waals surface area contributed by atoms with Crippen molar-refractivity contribution in [2.75, 3.05) is 19.0 Å². The number of anilines is 1. The van der Waals surface area contributed by atoms with Crippen LogP contribution >= 0.6 is 0 Å². The minimum Gasteiger partial charge on any atom is -0.467 e. The van der Waals surface area contributed by atoms with Gasteiger partial charge in [0.15, 0.2) is 6.61 Å². The Labute approximate surface area is 192 Å². The molecule has 0 spiro atoms. The van der Waals surface area contributed by atoms with Crippen LogP contribution in [0.2, 0.25) is 0 Å². The molecule has 2 aromatic rings. The highest BCUT2D eigenvalue weighted by Crippen LogP contribution is 2.14. The van der Waals surface area contributed by atoms with Gasteiger partial charge in [-0.15, -0.1) is 0 Å². The monoisotopic (exact) mass is 456 g/mol. The van der Waals surface area contributed by atoms with Gasteiger partial charge in [0.05, 0.1) is 12.7 Å². The molecule has 0 aromatic heterocycles. The van der Waals surface area contributed by atoms with Gasteiger partial charge in [-0.1, -0.05) is 36.4 Å². The predicted octanol–water partition coefficient (Wildman–Crippen LogP) is 3.09. The summed E-state index contributed by atoms with van der Waals surface area (Å²) < 4.78 is 15.0. The quantitative estimate of drug-likeness (QED) is 0.463. The van der Waals surface area contributed by atoms with Gasteiger partial charge in [-0.05, 0) is 44.5 Å². The molecule has 176 valence electrons. The van der Waals surface area contributed by atoms with Crippen LogP contribution in [0.25, 0.3) is 0 Å². The number of benzene rings is 2. The van der Waals surface area contributed by atoms with E-state index in [1.807, 2.05) is 30.3 Å². The summed E-state index contributed by atoms with van der Waals surface area (Å²) in [6.07, 6.45) is -0.439. The Bertz CT molecular complexity index is 984. The van der Waals surface area contributed by atoms with Gasteiger partial charge in [0.25, 0.3) is 5.91 Å². The molecule has 9 nitrogen and oxygen atoms in total. The molecule has 0 saturated heterocycles. The van der Waals surface area contributed by atoms with Crippen LogP contribution in [-0.2, 0) is 30.2 Å². The number of methoxy groups -OCH3 is 1. The molecule has 0 aliphatic carbocycles. The fraction of sp³-hybridized carbons (Fsp3) is 0.333. The smallest absolute Gasteiger partial charge is 0.412 e. The number of hydrogen-bond acceptors (Lipinski definition) is 7. The summed E-state index contributed by atoms with van der Waals surface area (Å²) in [6, 6.07) is 14.2. The Balaban J connectivity index is 1.92. The highest BCUT2D eigenvalue weighted by Gasteiger charge is 2.23. The van der Waals surface area contributed by atoms with Crippen LogP contribution in [0.5, 0.6) is 0 Å². The van der Waals surface area contributed by atoms with Crippen molar-refractivity contribution in [3.63, 3.8) is 0 Å². The average Bonchev–Trinajstić information content (AvgIpc) is 2.76. The molecule has 1 atom stereocenters. The maximum atomic E-state index is 12.3.